The van der Waals surface area contributed by atoms with Crippen molar-refractivity contribution >= 4 is 0 Å². The highest BCUT2D eigenvalue weighted by Gasteiger charge is 2.14. The quantitative estimate of drug-likeness (QED) is 0.600. The predicted octanol–water partition coefficient (Wildman–Crippen LogP) is 0.207. The molecule has 0 aliphatic heterocycles. The summed E-state index contributed by atoms with van der Waals surface area (Å²) in [6.07, 6.45) is 3.56. The molecule has 1 aliphatic carbocycles. The fourth-order valence-electron chi connectivity index (χ4n) is 1.56. The average Bonchev–Trinajstić information content (AvgIpc) is 2.04. The fraction of sp³-hybridized carbons (Fsp3) is 0.500. The van der Waals surface area contributed by atoms with Crippen LogP contribution in [0.2, 0.25) is 0 Å². The van der Waals surface area contributed by atoms with E-state index in [1.165, 1.54) is 0 Å². The van der Waals surface area contributed by atoms with E-state index in [0.717, 1.165) is 31.4 Å². The van der Waals surface area contributed by atoms with Crippen molar-refractivity contribution in [2.75, 3.05) is 0 Å². The van der Waals surface area contributed by atoms with Crippen LogP contribution in [-0.2, 0) is 12.8 Å². The monoisotopic (exact) mass is 167 g/mol. The number of H-pyrrole nitrogens is 1. The van der Waals surface area contributed by atoms with E-state index in [1.807, 2.05) is 0 Å². The second-order valence-corrected chi connectivity index (χ2v) is 2.97. The molecule has 0 amide bonds. The van der Waals surface area contributed by atoms with Gasteiger partial charge in [-0.05, 0) is 25.7 Å². The van der Waals surface area contributed by atoms with Gasteiger partial charge in [-0.2, -0.15) is 0 Å². The Morgan fingerprint density at radius 2 is 1.92 bits per heavy atom. The van der Waals surface area contributed by atoms with Crippen molar-refractivity contribution in [1.29, 1.82) is 0 Å². The first-order chi connectivity index (χ1) is 5.77. The number of fused-ring (bicyclic) bond motifs is 1. The molecule has 0 saturated carbocycles. The summed E-state index contributed by atoms with van der Waals surface area (Å²) in [4.78, 5) is 24.4. The third-order valence-electron chi connectivity index (χ3n) is 2.15. The molecule has 2 rings (SSSR count). The molecule has 0 unspecified atom stereocenters. The van der Waals surface area contributed by atoms with Crippen LogP contribution >= 0.6 is 0 Å². The van der Waals surface area contributed by atoms with Crippen LogP contribution in [0, 0.1) is 0 Å². The summed E-state index contributed by atoms with van der Waals surface area (Å²) in [6.45, 7) is 0. The topological polar surface area (TPSA) is 63.1 Å². The zero-order valence-corrected chi connectivity index (χ0v) is 6.55. The lowest BCUT2D eigenvalue weighted by atomic mass is 9.98. The zero-order valence-electron chi connectivity index (χ0n) is 6.55. The SMILES string of the molecule is O=c1[nH]c2c(c(=O)o1)CCCC2. The molecule has 4 heteroatoms. The lowest BCUT2D eigenvalue weighted by Crippen LogP contribution is -2.24. The van der Waals surface area contributed by atoms with E-state index in [0.29, 0.717) is 5.56 Å². The Kier molecular flexibility index (Phi) is 1.60. The smallest absolute Gasteiger partial charge is 0.372 e. The molecule has 0 aromatic carbocycles. The summed E-state index contributed by atoms with van der Waals surface area (Å²) in [7, 11) is 0. The third kappa shape index (κ3) is 1.09. The average molecular weight is 167 g/mol. The van der Waals surface area contributed by atoms with Gasteiger partial charge in [-0.25, -0.2) is 9.59 Å². The van der Waals surface area contributed by atoms with Crippen LogP contribution in [0.15, 0.2) is 14.0 Å². The van der Waals surface area contributed by atoms with Crippen molar-refractivity contribution in [3.63, 3.8) is 0 Å². The molecule has 0 fully saturated rings. The van der Waals surface area contributed by atoms with Gasteiger partial charge < -0.3 is 4.42 Å². The van der Waals surface area contributed by atoms with E-state index in [-0.39, 0.29) is 0 Å². The highest BCUT2D eigenvalue weighted by atomic mass is 16.4. The summed E-state index contributed by atoms with van der Waals surface area (Å²) in [5.74, 6) is -0.638. The minimum atomic E-state index is -0.638. The molecule has 0 atom stereocenters. The maximum atomic E-state index is 11.1. The molecular formula is C8H9NO3. The van der Waals surface area contributed by atoms with Crippen LogP contribution in [0.4, 0.5) is 0 Å². The van der Waals surface area contributed by atoms with Crippen LogP contribution in [-0.4, -0.2) is 4.98 Å². The standard InChI is InChI=1S/C8H9NO3/c10-7-5-3-1-2-4-6(5)9-8(11)12-7/h1-4H2,(H,9,11). The molecule has 64 valence electrons. The molecule has 0 spiro atoms. The highest BCUT2D eigenvalue weighted by molar-refractivity contribution is 5.17. The predicted molar refractivity (Wildman–Crippen MR) is 42.2 cm³/mol. The Hall–Kier alpha value is -1.32. The minimum absolute atomic E-state index is 0.464. The Labute approximate surface area is 68.2 Å². The van der Waals surface area contributed by atoms with Gasteiger partial charge in [-0.15, -0.1) is 0 Å². The largest absolute Gasteiger partial charge is 0.419 e. The number of aromatic nitrogens is 1. The minimum Gasteiger partial charge on any atom is -0.372 e. The van der Waals surface area contributed by atoms with Gasteiger partial charge in [-0.3, -0.25) is 4.98 Å². The van der Waals surface area contributed by atoms with Gasteiger partial charge in [-0.1, -0.05) is 0 Å². The summed E-state index contributed by atoms with van der Waals surface area (Å²) < 4.78 is 4.41. The van der Waals surface area contributed by atoms with E-state index in [4.69, 9.17) is 0 Å². The molecule has 1 N–H and O–H groups in total. The Morgan fingerprint density at radius 1 is 1.17 bits per heavy atom. The second-order valence-electron chi connectivity index (χ2n) is 2.97. The van der Waals surface area contributed by atoms with Crippen molar-refractivity contribution in [1.82, 2.24) is 4.98 Å². The van der Waals surface area contributed by atoms with Gasteiger partial charge in [0.1, 0.15) is 0 Å². The number of hydrogen-bond acceptors (Lipinski definition) is 3. The molecule has 12 heavy (non-hydrogen) atoms. The number of rotatable bonds is 0. The van der Waals surface area contributed by atoms with E-state index in [2.05, 4.69) is 9.40 Å². The van der Waals surface area contributed by atoms with Gasteiger partial charge in [0.05, 0.1) is 5.56 Å². The first-order valence-electron chi connectivity index (χ1n) is 4.02. The van der Waals surface area contributed by atoms with Crippen molar-refractivity contribution in [2.24, 2.45) is 0 Å². The number of hydrogen-bond donors (Lipinski definition) is 1. The van der Waals surface area contributed by atoms with Gasteiger partial charge in [0.15, 0.2) is 0 Å². The fourth-order valence-corrected chi connectivity index (χ4v) is 1.56. The highest BCUT2D eigenvalue weighted by Crippen LogP contribution is 2.13. The van der Waals surface area contributed by atoms with Gasteiger partial charge >= 0.3 is 11.4 Å². The molecule has 4 nitrogen and oxygen atoms in total. The molecule has 1 aliphatic rings. The van der Waals surface area contributed by atoms with Gasteiger partial charge in [0.2, 0.25) is 0 Å². The summed E-state index contributed by atoms with van der Waals surface area (Å²) >= 11 is 0. The molecule has 0 bridgehead atoms. The number of aromatic amines is 1. The first kappa shape index (κ1) is 7.34. The van der Waals surface area contributed by atoms with E-state index in [1.54, 1.807) is 0 Å². The van der Waals surface area contributed by atoms with E-state index in [9.17, 15) is 9.59 Å². The lowest BCUT2D eigenvalue weighted by molar-refractivity contribution is 0.426. The van der Waals surface area contributed by atoms with Crippen LogP contribution in [0.25, 0.3) is 0 Å². The van der Waals surface area contributed by atoms with Crippen LogP contribution in [0.1, 0.15) is 24.1 Å². The molecule has 0 saturated heterocycles. The van der Waals surface area contributed by atoms with Crippen molar-refractivity contribution < 1.29 is 4.42 Å². The normalized spacial score (nSPS) is 15.7. The lowest BCUT2D eigenvalue weighted by Gasteiger charge is -2.11. The zero-order chi connectivity index (χ0) is 8.55. The Bertz CT molecular complexity index is 401. The van der Waals surface area contributed by atoms with Crippen LogP contribution in [0.3, 0.4) is 0 Å². The molecule has 1 heterocycles. The maximum Gasteiger partial charge on any atom is 0.419 e. The number of aryl methyl sites for hydroxylation is 1. The molecule has 0 radical (unpaired) electrons. The van der Waals surface area contributed by atoms with Crippen molar-refractivity contribution in [2.45, 2.75) is 25.7 Å². The number of nitrogens with one attached hydrogen (secondary N) is 1. The van der Waals surface area contributed by atoms with E-state index >= 15 is 0 Å². The third-order valence-corrected chi connectivity index (χ3v) is 2.15. The second kappa shape index (κ2) is 2.62. The summed E-state index contributed by atoms with van der Waals surface area (Å²) in [5, 5.41) is 0. The summed E-state index contributed by atoms with van der Waals surface area (Å²) in [5.41, 5.74) is 0.955. The van der Waals surface area contributed by atoms with E-state index < -0.39 is 11.4 Å². The summed E-state index contributed by atoms with van der Waals surface area (Å²) in [6, 6.07) is 0. The maximum absolute atomic E-state index is 11.1. The van der Waals surface area contributed by atoms with Gasteiger partial charge in [0, 0.05) is 5.69 Å². The van der Waals surface area contributed by atoms with Gasteiger partial charge in [0.25, 0.3) is 0 Å². The van der Waals surface area contributed by atoms with Crippen LogP contribution in [0.5, 0.6) is 0 Å². The molecule has 1 aromatic rings. The Balaban J connectivity index is 2.68. The van der Waals surface area contributed by atoms with Crippen molar-refractivity contribution in [3.05, 3.63) is 32.2 Å². The molecule has 1 aromatic heterocycles. The van der Waals surface area contributed by atoms with Crippen LogP contribution < -0.4 is 11.4 Å². The molecular weight excluding hydrogens is 158 g/mol. The first-order valence-corrected chi connectivity index (χ1v) is 4.02. The van der Waals surface area contributed by atoms with Crippen molar-refractivity contribution in [3.8, 4) is 0 Å². The Morgan fingerprint density at radius 3 is 2.75 bits per heavy atom.